The number of aliphatic hydroxyl groups is 1. The molecule has 0 heterocycles. The molecule has 3 rings (SSSR count). The lowest BCUT2D eigenvalue weighted by molar-refractivity contribution is -0.118. The molecule has 3 nitrogen and oxygen atoms in total. The number of nitrogens with zero attached hydrogens (tertiary/aromatic N) is 1. The van der Waals surface area contributed by atoms with Gasteiger partial charge in [-0.25, -0.2) is 0 Å². The van der Waals surface area contributed by atoms with E-state index in [0.717, 1.165) is 31.2 Å². The number of hydrogen-bond acceptors (Lipinski definition) is 2. The van der Waals surface area contributed by atoms with Crippen LogP contribution in [0.3, 0.4) is 0 Å². The van der Waals surface area contributed by atoms with Crippen molar-refractivity contribution in [3.05, 3.63) is 107 Å². The van der Waals surface area contributed by atoms with E-state index in [4.69, 9.17) is 5.11 Å². The van der Waals surface area contributed by atoms with Gasteiger partial charge in [-0.05, 0) is 55.7 Å². The molecule has 33 heavy (non-hydrogen) atoms. The van der Waals surface area contributed by atoms with E-state index in [1.165, 1.54) is 29.5 Å². The topological polar surface area (TPSA) is 40.5 Å². The molecule has 3 aromatic carbocycles. The molecule has 0 aromatic heterocycles. The van der Waals surface area contributed by atoms with Gasteiger partial charge in [-0.1, -0.05) is 103 Å². The molecule has 2 unspecified atom stereocenters. The molecule has 0 aliphatic rings. The third-order valence-electron chi connectivity index (χ3n) is 6.14. The van der Waals surface area contributed by atoms with E-state index in [9.17, 15) is 4.79 Å². The first-order valence-corrected chi connectivity index (χ1v) is 12.0. The zero-order valence-electron chi connectivity index (χ0n) is 20.4. The molecule has 0 spiro atoms. The van der Waals surface area contributed by atoms with E-state index in [-0.39, 0.29) is 6.04 Å². The standard InChI is InChI=1S/C20H26O.C10H13NO/c1-17-11-13-18(14-12-17)16-20(10-6-3-7-15-21)19-8-4-2-5-9-19;1-9(11(2)8-12)10-6-4-3-5-7-10/h2,4-5,8-9,11-14,20-21H,3,6-7,10,15-16H2,1H3;3-9H,1-2H3. The fourth-order valence-electron chi connectivity index (χ4n) is 3.86. The first-order chi connectivity index (χ1) is 16.0. The number of benzene rings is 3. The van der Waals surface area contributed by atoms with Gasteiger partial charge in [0.05, 0.1) is 6.04 Å². The van der Waals surface area contributed by atoms with Crippen molar-refractivity contribution in [3.8, 4) is 0 Å². The molecule has 0 aliphatic heterocycles. The van der Waals surface area contributed by atoms with E-state index in [1.54, 1.807) is 11.9 Å². The van der Waals surface area contributed by atoms with Crippen LogP contribution in [0.4, 0.5) is 0 Å². The van der Waals surface area contributed by atoms with Crippen molar-refractivity contribution in [1.82, 2.24) is 4.90 Å². The molecule has 176 valence electrons. The zero-order valence-corrected chi connectivity index (χ0v) is 20.4. The number of aliphatic hydroxyl groups excluding tert-OH is 1. The number of rotatable bonds is 11. The van der Waals surface area contributed by atoms with Gasteiger partial charge in [-0.15, -0.1) is 0 Å². The highest BCUT2D eigenvalue weighted by Crippen LogP contribution is 2.26. The highest BCUT2D eigenvalue weighted by Gasteiger charge is 2.12. The molecule has 0 fully saturated rings. The van der Waals surface area contributed by atoms with Gasteiger partial charge < -0.3 is 10.0 Å². The maximum Gasteiger partial charge on any atom is 0.209 e. The van der Waals surface area contributed by atoms with Crippen molar-refractivity contribution in [1.29, 1.82) is 0 Å². The third kappa shape index (κ3) is 9.63. The molecule has 0 saturated heterocycles. The first-order valence-electron chi connectivity index (χ1n) is 12.0. The third-order valence-corrected chi connectivity index (χ3v) is 6.14. The minimum Gasteiger partial charge on any atom is -0.396 e. The first kappa shape index (κ1) is 26.3. The number of amides is 1. The summed E-state index contributed by atoms with van der Waals surface area (Å²) in [5, 5.41) is 8.91. The Hall–Kier alpha value is -2.91. The van der Waals surface area contributed by atoms with Crippen molar-refractivity contribution < 1.29 is 9.90 Å². The largest absolute Gasteiger partial charge is 0.396 e. The van der Waals surface area contributed by atoms with Crippen molar-refractivity contribution in [2.75, 3.05) is 13.7 Å². The van der Waals surface area contributed by atoms with E-state index >= 15 is 0 Å². The summed E-state index contributed by atoms with van der Waals surface area (Å²) in [7, 11) is 1.78. The fourth-order valence-corrected chi connectivity index (χ4v) is 3.86. The minimum atomic E-state index is 0.156. The molecule has 2 atom stereocenters. The zero-order chi connectivity index (χ0) is 23.9. The lowest BCUT2D eigenvalue weighted by atomic mass is 9.87. The number of aryl methyl sites for hydroxylation is 1. The average molecular weight is 446 g/mol. The van der Waals surface area contributed by atoms with Crippen LogP contribution in [0.2, 0.25) is 0 Å². The fraction of sp³-hybridized carbons (Fsp3) is 0.367. The van der Waals surface area contributed by atoms with Crippen LogP contribution in [0.1, 0.15) is 66.8 Å². The summed E-state index contributed by atoms with van der Waals surface area (Å²) in [5.74, 6) is 0.576. The van der Waals surface area contributed by atoms with E-state index in [2.05, 4.69) is 61.5 Å². The molecule has 3 aromatic rings. The second-order valence-corrected chi connectivity index (χ2v) is 8.73. The molecule has 3 heteroatoms. The van der Waals surface area contributed by atoms with Crippen molar-refractivity contribution in [2.45, 2.75) is 57.9 Å². The Balaban J connectivity index is 0.000000273. The van der Waals surface area contributed by atoms with Gasteiger partial charge in [0.15, 0.2) is 0 Å². The normalized spacial score (nSPS) is 12.2. The number of carbonyl (C=O) groups excluding carboxylic acids is 1. The van der Waals surface area contributed by atoms with Crippen LogP contribution in [-0.2, 0) is 11.2 Å². The van der Waals surface area contributed by atoms with E-state index in [0.29, 0.717) is 12.5 Å². The molecule has 1 N–H and O–H groups in total. The Labute approximate surface area is 200 Å². The summed E-state index contributed by atoms with van der Waals surface area (Å²) in [5.41, 5.74) is 5.32. The van der Waals surface area contributed by atoms with E-state index in [1.807, 2.05) is 37.3 Å². The Morgan fingerprint density at radius 2 is 1.39 bits per heavy atom. The van der Waals surface area contributed by atoms with Gasteiger partial charge >= 0.3 is 0 Å². The van der Waals surface area contributed by atoms with Crippen LogP contribution in [0.15, 0.2) is 84.9 Å². The molecule has 1 amide bonds. The SMILES string of the molecule is CC(c1ccccc1)N(C)C=O.Cc1ccc(CC(CCCCCO)c2ccccc2)cc1. The van der Waals surface area contributed by atoms with Gasteiger partial charge in [0.1, 0.15) is 0 Å². The summed E-state index contributed by atoms with van der Waals surface area (Å²) in [6, 6.07) is 29.8. The molecule has 0 aliphatic carbocycles. The predicted octanol–water partition coefficient (Wildman–Crippen LogP) is 6.71. The number of carbonyl (C=O) groups is 1. The van der Waals surface area contributed by atoms with Crippen LogP contribution in [-0.4, -0.2) is 30.1 Å². The van der Waals surface area contributed by atoms with Gasteiger partial charge in [-0.2, -0.15) is 0 Å². The Morgan fingerprint density at radius 3 is 1.94 bits per heavy atom. The monoisotopic (exact) mass is 445 g/mol. The summed E-state index contributed by atoms with van der Waals surface area (Å²) in [6.45, 7) is 4.45. The lowest BCUT2D eigenvalue weighted by Gasteiger charge is -2.20. The smallest absolute Gasteiger partial charge is 0.209 e. The molecular weight excluding hydrogens is 406 g/mol. The van der Waals surface area contributed by atoms with Crippen LogP contribution in [0.25, 0.3) is 0 Å². The number of unbranched alkanes of at least 4 members (excludes halogenated alkanes) is 2. The summed E-state index contributed by atoms with van der Waals surface area (Å²) in [4.78, 5) is 12.1. The Morgan fingerprint density at radius 1 is 0.818 bits per heavy atom. The van der Waals surface area contributed by atoms with Gasteiger partial charge in [-0.3, -0.25) is 4.79 Å². The molecule has 0 radical (unpaired) electrons. The Bertz CT molecular complexity index is 894. The second kappa shape index (κ2) is 15.0. The predicted molar refractivity (Wildman–Crippen MR) is 138 cm³/mol. The maximum absolute atomic E-state index is 10.4. The van der Waals surface area contributed by atoms with Crippen LogP contribution in [0.5, 0.6) is 0 Å². The summed E-state index contributed by atoms with van der Waals surface area (Å²) in [6.07, 6.45) is 6.37. The van der Waals surface area contributed by atoms with Gasteiger partial charge in [0, 0.05) is 13.7 Å². The minimum absolute atomic E-state index is 0.156. The van der Waals surface area contributed by atoms with Gasteiger partial charge in [0.2, 0.25) is 6.41 Å². The summed E-state index contributed by atoms with van der Waals surface area (Å²) < 4.78 is 0. The van der Waals surface area contributed by atoms with Crippen molar-refractivity contribution in [3.63, 3.8) is 0 Å². The summed E-state index contributed by atoms with van der Waals surface area (Å²) >= 11 is 0. The molecule has 0 bridgehead atoms. The number of hydrogen-bond donors (Lipinski definition) is 1. The van der Waals surface area contributed by atoms with Crippen LogP contribution >= 0.6 is 0 Å². The van der Waals surface area contributed by atoms with Crippen LogP contribution < -0.4 is 0 Å². The highest BCUT2D eigenvalue weighted by atomic mass is 16.2. The quantitative estimate of drug-likeness (QED) is 0.263. The second-order valence-electron chi connectivity index (χ2n) is 8.73. The Kier molecular flexibility index (Phi) is 12.0. The van der Waals surface area contributed by atoms with Crippen LogP contribution in [0, 0.1) is 6.92 Å². The average Bonchev–Trinajstić information content (AvgIpc) is 2.87. The maximum atomic E-state index is 10.4. The molecular formula is C30H39NO2. The van der Waals surface area contributed by atoms with Gasteiger partial charge in [0.25, 0.3) is 0 Å². The molecule has 0 saturated carbocycles. The van der Waals surface area contributed by atoms with Crippen molar-refractivity contribution >= 4 is 6.41 Å². The highest BCUT2D eigenvalue weighted by molar-refractivity contribution is 5.47. The lowest BCUT2D eigenvalue weighted by Crippen LogP contribution is -2.20. The van der Waals surface area contributed by atoms with Crippen molar-refractivity contribution in [2.24, 2.45) is 0 Å². The van der Waals surface area contributed by atoms with E-state index < -0.39 is 0 Å².